The molecule has 0 atom stereocenters. The first kappa shape index (κ1) is 16.4. The van der Waals surface area contributed by atoms with Crippen molar-refractivity contribution in [2.75, 3.05) is 0 Å². The van der Waals surface area contributed by atoms with Gasteiger partial charge in [-0.25, -0.2) is 22.3 Å². The van der Waals surface area contributed by atoms with E-state index in [0.717, 1.165) is 17.8 Å². The molecule has 0 amide bonds. The summed E-state index contributed by atoms with van der Waals surface area (Å²) in [5.41, 5.74) is 2.02. The number of rotatable bonds is 3. The number of hydrogen-bond acceptors (Lipinski definition) is 2. The van der Waals surface area contributed by atoms with Gasteiger partial charge in [-0.15, -0.1) is 0 Å². The van der Waals surface area contributed by atoms with Crippen LogP contribution in [0.1, 0.15) is 5.69 Å². The van der Waals surface area contributed by atoms with Crippen LogP contribution in [0.15, 0.2) is 59.5 Å². The molecule has 3 aromatic rings. The van der Waals surface area contributed by atoms with Crippen molar-refractivity contribution in [2.24, 2.45) is 5.14 Å². The molecule has 1 heterocycles. The Bertz CT molecular complexity index is 1030. The molecule has 1 aromatic heterocycles. The molecule has 2 N–H and O–H groups in total. The molecule has 0 aliphatic rings. The number of hydrogen-bond donors (Lipinski definition) is 1. The number of nitrogens with two attached hydrogens (primary N) is 1. The highest BCUT2D eigenvalue weighted by Gasteiger charge is 2.19. The number of benzene rings is 2. The smallest absolute Gasteiger partial charge is 0.238 e. The fraction of sp³-hybridized carbons (Fsp3) is 0.0588. The van der Waals surface area contributed by atoms with Crippen molar-refractivity contribution in [3.8, 4) is 16.9 Å². The lowest BCUT2D eigenvalue weighted by Gasteiger charge is -2.14. The molecule has 0 unspecified atom stereocenters. The van der Waals surface area contributed by atoms with Gasteiger partial charge in [-0.1, -0.05) is 18.2 Å². The Labute approximate surface area is 138 Å². The summed E-state index contributed by atoms with van der Waals surface area (Å²) in [4.78, 5) is -0.0352. The minimum atomic E-state index is -3.93. The van der Waals surface area contributed by atoms with Crippen LogP contribution in [0.3, 0.4) is 0 Å². The summed E-state index contributed by atoms with van der Waals surface area (Å²) in [5.74, 6) is -1.93. The van der Waals surface area contributed by atoms with Crippen molar-refractivity contribution in [1.82, 2.24) is 4.57 Å². The van der Waals surface area contributed by atoms with E-state index in [4.69, 9.17) is 5.14 Å². The zero-order chi connectivity index (χ0) is 17.5. The molecule has 3 rings (SSSR count). The fourth-order valence-electron chi connectivity index (χ4n) is 2.64. The monoisotopic (exact) mass is 348 g/mol. The van der Waals surface area contributed by atoms with E-state index >= 15 is 0 Å². The Morgan fingerprint density at radius 3 is 2.33 bits per heavy atom. The fourth-order valence-corrected chi connectivity index (χ4v) is 3.39. The summed E-state index contributed by atoms with van der Waals surface area (Å²) in [6.45, 7) is 1.78. The van der Waals surface area contributed by atoms with Crippen molar-refractivity contribution < 1.29 is 17.2 Å². The molecule has 124 valence electrons. The van der Waals surface area contributed by atoms with Gasteiger partial charge in [0.2, 0.25) is 10.0 Å². The van der Waals surface area contributed by atoms with Gasteiger partial charge in [0.25, 0.3) is 0 Å². The molecular weight excluding hydrogens is 334 g/mol. The van der Waals surface area contributed by atoms with Crippen LogP contribution in [0, 0.1) is 18.6 Å². The number of nitrogens with zero attached hydrogens (tertiary/aromatic N) is 1. The average Bonchev–Trinajstić information content (AvgIpc) is 2.91. The first-order chi connectivity index (χ1) is 11.3. The second-order valence-corrected chi connectivity index (χ2v) is 6.86. The highest BCUT2D eigenvalue weighted by Crippen LogP contribution is 2.31. The van der Waals surface area contributed by atoms with E-state index in [1.165, 1.54) is 12.1 Å². The van der Waals surface area contributed by atoms with Crippen LogP contribution in [0.4, 0.5) is 8.78 Å². The predicted molar refractivity (Wildman–Crippen MR) is 87.2 cm³/mol. The van der Waals surface area contributed by atoms with E-state index in [1.54, 1.807) is 41.8 Å². The largest absolute Gasteiger partial charge is 0.314 e. The molecule has 0 aliphatic heterocycles. The first-order valence-electron chi connectivity index (χ1n) is 7.05. The summed E-state index contributed by atoms with van der Waals surface area (Å²) in [6, 6.07) is 13.3. The molecule has 0 aliphatic carbocycles. The van der Waals surface area contributed by atoms with Gasteiger partial charge < -0.3 is 4.57 Å². The third-order valence-corrected chi connectivity index (χ3v) is 4.68. The molecular formula is C17H14F2N2O2S. The molecule has 0 saturated carbocycles. The lowest BCUT2D eigenvalue weighted by molar-refractivity contribution is 0.508. The first-order valence-corrected chi connectivity index (χ1v) is 8.59. The Morgan fingerprint density at radius 2 is 1.67 bits per heavy atom. The molecule has 0 fully saturated rings. The lowest BCUT2D eigenvalue weighted by atomic mass is 10.1. The minimum absolute atomic E-state index is 0.0352. The third kappa shape index (κ3) is 2.83. The van der Waals surface area contributed by atoms with Gasteiger partial charge in [0.15, 0.2) is 11.6 Å². The number of aryl methyl sites for hydroxylation is 1. The van der Waals surface area contributed by atoms with Gasteiger partial charge in [0.05, 0.1) is 10.6 Å². The molecule has 0 spiro atoms. The van der Waals surface area contributed by atoms with Crippen molar-refractivity contribution >= 4 is 10.0 Å². The molecule has 2 aromatic carbocycles. The summed E-state index contributed by atoms with van der Waals surface area (Å²) < 4.78 is 52.1. The minimum Gasteiger partial charge on any atom is -0.314 e. The van der Waals surface area contributed by atoms with Gasteiger partial charge in [-0.05, 0) is 37.3 Å². The Balaban J connectivity index is 2.28. The lowest BCUT2D eigenvalue weighted by Crippen LogP contribution is -2.14. The Morgan fingerprint density at radius 1 is 0.958 bits per heavy atom. The molecule has 0 bridgehead atoms. The molecule has 0 radical (unpaired) electrons. The van der Waals surface area contributed by atoms with Crippen molar-refractivity contribution in [1.29, 1.82) is 0 Å². The van der Waals surface area contributed by atoms with Gasteiger partial charge in [-0.3, -0.25) is 0 Å². The Kier molecular flexibility index (Phi) is 3.98. The predicted octanol–water partition coefficient (Wildman–Crippen LogP) is 3.38. The number of primary sulfonamides is 1. The van der Waals surface area contributed by atoms with Crippen LogP contribution >= 0.6 is 0 Å². The second kappa shape index (κ2) is 5.85. The Hall–Kier alpha value is -2.51. The topological polar surface area (TPSA) is 65.1 Å². The van der Waals surface area contributed by atoms with Crippen molar-refractivity contribution in [3.63, 3.8) is 0 Å². The molecule has 7 heteroatoms. The standard InChI is InChI=1S/C17H14F2N2O2S/c1-11-6-9-16(13-4-2-3-5-17(13)24(20,22)23)21(11)12-7-8-14(18)15(19)10-12/h2-10H,1H3,(H2,20,22,23). The van der Waals surface area contributed by atoms with E-state index in [0.29, 0.717) is 16.9 Å². The van der Waals surface area contributed by atoms with Gasteiger partial charge in [-0.2, -0.15) is 0 Å². The van der Waals surface area contributed by atoms with E-state index < -0.39 is 21.7 Å². The second-order valence-electron chi connectivity index (χ2n) is 5.33. The van der Waals surface area contributed by atoms with Gasteiger partial charge >= 0.3 is 0 Å². The zero-order valence-electron chi connectivity index (χ0n) is 12.7. The highest BCUT2D eigenvalue weighted by molar-refractivity contribution is 7.89. The van der Waals surface area contributed by atoms with Crippen LogP contribution in [-0.4, -0.2) is 13.0 Å². The molecule has 24 heavy (non-hydrogen) atoms. The average molecular weight is 348 g/mol. The van der Waals surface area contributed by atoms with E-state index in [-0.39, 0.29) is 4.90 Å². The van der Waals surface area contributed by atoms with E-state index in [1.807, 2.05) is 0 Å². The van der Waals surface area contributed by atoms with Gasteiger partial charge in [0.1, 0.15) is 0 Å². The van der Waals surface area contributed by atoms with Crippen molar-refractivity contribution in [3.05, 3.63) is 71.9 Å². The quantitative estimate of drug-likeness (QED) is 0.789. The normalized spacial score (nSPS) is 11.7. The van der Waals surface area contributed by atoms with E-state index in [2.05, 4.69) is 0 Å². The SMILES string of the molecule is Cc1ccc(-c2ccccc2S(N)(=O)=O)n1-c1ccc(F)c(F)c1. The van der Waals surface area contributed by atoms with Crippen molar-refractivity contribution in [2.45, 2.75) is 11.8 Å². The molecule has 4 nitrogen and oxygen atoms in total. The van der Waals surface area contributed by atoms with Crippen LogP contribution < -0.4 is 5.14 Å². The number of aromatic nitrogens is 1. The summed E-state index contributed by atoms with van der Waals surface area (Å²) in [6.07, 6.45) is 0. The maximum Gasteiger partial charge on any atom is 0.238 e. The van der Waals surface area contributed by atoms with Crippen LogP contribution in [0.2, 0.25) is 0 Å². The van der Waals surface area contributed by atoms with Crippen LogP contribution in [-0.2, 0) is 10.0 Å². The maximum atomic E-state index is 13.6. The summed E-state index contributed by atoms with van der Waals surface area (Å²) in [7, 11) is -3.93. The number of halogens is 2. The number of sulfonamides is 1. The van der Waals surface area contributed by atoms with E-state index in [9.17, 15) is 17.2 Å². The van der Waals surface area contributed by atoms with Crippen LogP contribution in [0.5, 0.6) is 0 Å². The summed E-state index contributed by atoms with van der Waals surface area (Å²) >= 11 is 0. The van der Waals surface area contributed by atoms with Crippen LogP contribution in [0.25, 0.3) is 16.9 Å². The van der Waals surface area contributed by atoms with Gasteiger partial charge in [0, 0.05) is 23.0 Å². The third-order valence-electron chi connectivity index (χ3n) is 3.71. The zero-order valence-corrected chi connectivity index (χ0v) is 13.5. The summed E-state index contributed by atoms with van der Waals surface area (Å²) in [5, 5.41) is 5.29. The maximum absolute atomic E-state index is 13.6. The highest BCUT2D eigenvalue weighted by atomic mass is 32.2. The molecule has 0 saturated heterocycles.